The summed E-state index contributed by atoms with van der Waals surface area (Å²) in [5.41, 5.74) is 8.48. The van der Waals surface area contributed by atoms with Gasteiger partial charge in [-0.05, 0) is 54.9 Å². The Kier molecular flexibility index (Phi) is 4.44. The molecule has 0 radical (unpaired) electrons. The fourth-order valence-electron chi connectivity index (χ4n) is 2.54. The monoisotopic (exact) mass is 350 g/mol. The van der Waals surface area contributed by atoms with Crippen LogP contribution in [0, 0.1) is 0 Å². The number of thiophene rings is 1. The highest BCUT2D eigenvalue weighted by Gasteiger charge is 2.30. The molecule has 2 N–H and O–H groups in total. The van der Waals surface area contributed by atoms with E-state index in [1.165, 1.54) is 29.0 Å². The first kappa shape index (κ1) is 14.1. The molecule has 3 rings (SSSR count). The predicted octanol–water partition coefficient (Wildman–Crippen LogP) is 4.18. The molecule has 0 bridgehead atoms. The van der Waals surface area contributed by atoms with E-state index in [2.05, 4.69) is 56.5 Å². The van der Waals surface area contributed by atoms with Crippen LogP contribution in [0.1, 0.15) is 23.3 Å². The van der Waals surface area contributed by atoms with Crippen LogP contribution in [0.3, 0.4) is 0 Å². The standard InChI is InChI=1S/C16H19BrN2S/c17-13-4-3-12(7-8-18)16(10-13)19(14-5-6-14)11-15-2-1-9-20-15/h1-4,9-10,14H,5-8,11,18H2. The van der Waals surface area contributed by atoms with Gasteiger partial charge in [-0.15, -0.1) is 11.3 Å². The summed E-state index contributed by atoms with van der Waals surface area (Å²) >= 11 is 5.44. The summed E-state index contributed by atoms with van der Waals surface area (Å²) in [5.74, 6) is 0. The molecule has 1 aromatic carbocycles. The molecule has 0 saturated heterocycles. The summed E-state index contributed by atoms with van der Waals surface area (Å²) in [7, 11) is 0. The van der Waals surface area contributed by atoms with Gasteiger partial charge in [-0.1, -0.05) is 28.1 Å². The summed E-state index contributed by atoms with van der Waals surface area (Å²) in [5, 5.41) is 2.15. The Morgan fingerprint density at radius 3 is 2.80 bits per heavy atom. The van der Waals surface area contributed by atoms with Crippen molar-refractivity contribution in [1.82, 2.24) is 0 Å². The molecule has 1 heterocycles. The van der Waals surface area contributed by atoms with Gasteiger partial charge in [0, 0.05) is 21.1 Å². The van der Waals surface area contributed by atoms with Gasteiger partial charge in [0.2, 0.25) is 0 Å². The van der Waals surface area contributed by atoms with Gasteiger partial charge in [0.1, 0.15) is 0 Å². The number of nitrogens with zero attached hydrogens (tertiary/aromatic N) is 1. The maximum atomic E-state index is 5.77. The first-order valence-electron chi connectivity index (χ1n) is 7.05. The van der Waals surface area contributed by atoms with Gasteiger partial charge >= 0.3 is 0 Å². The third-order valence-electron chi connectivity index (χ3n) is 3.66. The zero-order valence-electron chi connectivity index (χ0n) is 11.4. The minimum atomic E-state index is 0.697. The summed E-state index contributed by atoms with van der Waals surface area (Å²) in [6, 6.07) is 11.6. The Morgan fingerprint density at radius 2 is 2.15 bits per heavy atom. The third-order valence-corrected chi connectivity index (χ3v) is 5.02. The highest BCUT2D eigenvalue weighted by Crippen LogP contribution is 2.37. The summed E-state index contributed by atoms with van der Waals surface area (Å²) < 4.78 is 1.14. The van der Waals surface area contributed by atoms with Crippen molar-refractivity contribution in [3.63, 3.8) is 0 Å². The van der Waals surface area contributed by atoms with Crippen LogP contribution in [0.2, 0.25) is 0 Å². The molecule has 0 unspecified atom stereocenters. The maximum absolute atomic E-state index is 5.77. The quantitative estimate of drug-likeness (QED) is 0.846. The molecule has 2 aromatic rings. The normalized spacial score (nSPS) is 14.5. The number of benzene rings is 1. The zero-order chi connectivity index (χ0) is 13.9. The van der Waals surface area contributed by atoms with Crippen LogP contribution < -0.4 is 10.6 Å². The van der Waals surface area contributed by atoms with Crippen molar-refractivity contribution < 1.29 is 0 Å². The molecule has 2 nitrogen and oxygen atoms in total. The van der Waals surface area contributed by atoms with Crippen molar-refractivity contribution in [3.8, 4) is 0 Å². The van der Waals surface area contributed by atoms with Crippen molar-refractivity contribution in [2.75, 3.05) is 11.4 Å². The molecule has 1 aliphatic rings. The molecule has 1 saturated carbocycles. The second-order valence-corrected chi connectivity index (χ2v) is 7.20. The minimum absolute atomic E-state index is 0.697. The van der Waals surface area contributed by atoms with Crippen LogP contribution in [0.15, 0.2) is 40.2 Å². The van der Waals surface area contributed by atoms with E-state index < -0.39 is 0 Å². The molecule has 1 aliphatic carbocycles. The van der Waals surface area contributed by atoms with Gasteiger partial charge in [-0.25, -0.2) is 0 Å². The predicted molar refractivity (Wildman–Crippen MR) is 90.4 cm³/mol. The molecule has 0 amide bonds. The van der Waals surface area contributed by atoms with E-state index in [9.17, 15) is 0 Å². The fraction of sp³-hybridized carbons (Fsp3) is 0.375. The number of nitrogens with two attached hydrogens (primary N) is 1. The van der Waals surface area contributed by atoms with E-state index in [0.29, 0.717) is 12.6 Å². The molecule has 4 heteroatoms. The Balaban J connectivity index is 1.92. The molecule has 0 atom stereocenters. The van der Waals surface area contributed by atoms with E-state index in [1.807, 2.05) is 11.3 Å². The lowest BCUT2D eigenvalue weighted by Crippen LogP contribution is -2.26. The Bertz CT molecular complexity index is 564. The summed E-state index contributed by atoms with van der Waals surface area (Å²) in [6.07, 6.45) is 3.55. The maximum Gasteiger partial charge on any atom is 0.0526 e. The topological polar surface area (TPSA) is 29.3 Å². The Hall–Kier alpha value is -0.840. The van der Waals surface area contributed by atoms with Crippen LogP contribution in [-0.2, 0) is 13.0 Å². The first-order chi connectivity index (χ1) is 9.78. The lowest BCUT2D eigenvalue weighted by atomic mass is 10.1. The van der Waals surface area contributed by atoms with E-state index >= 15 is 0 Å². The first-order valence-corrected chi connectivity index (χ1v) is 8.72. The van der Waals surface area contributed by atoms with Crippen LogP contribution >= 0.6 is 27.3 Å². The van der Waals surface area contributed by atoms with E-state index in [0.717, 1.165) is 17.4 Å². The second-order valence-electron chi connectivity index (χ2n) is 5.25. The fourth-order valence-corrected chi connectivity index (χ4v) is 3.59. The Morgan fingerprint density at radius 1 is 1.30 bits per heavy atom. The molecular formula is C16H19BrN2S. The molecule has 1 aromatic heterocycles. The third kappa shape index (κ3) is 3.25. The molecule has 20 heavy (non-hydrogen) atoms. The smallest absolute Gasteiger partial charge is 0.0526 e. The molecular weight excluding hydrogens is 332 g/mol. The SMILES string of the molecule is NCCc1ccc(Br)cc1N(Cc1cccs1)C1CC1. The Labute approximate surface area is 132 Å². The van der Waals surface area contributed by atoms with Gasteiger partial charge in [0.05, 0.1) is 6.54 Å². The zero-order valence-corrected chi connectivity index (χ0v) is 13.8. The molecule has 0 aliphatic heterocycles. The number of rotatable bonds is 6. The van der Waals surface area contributed by atoms with Crippen LogP contribution in [0.4, 0.5) is 5.69 Å². The molecule has 0 spiro atoms. The van der Waals surface area contributed by atoms with Gasteiger partial charge < -0.3 is 10.6 Å². The van der Waals surface area contributed by atoms with E-state index in [4.69, 9.17) is 5.73 Å². The summed E-state index contributed by atoms with van der Waals surface area (Å²) in [6.45, 7) is 1.71. The van der Waals surface area contributed by atoms with Crippen molar-refractivity contribution in [1.29, 1.82) is 0 Å². The van der Waals surface area contributed by atoms with Gasteiger partial charge in [0.25, 0.3) is 0 Å². The van der Waals surface area contributed by atoms with Crippen molar-refractivity contribution in [2.24, 2.45) is 5.73 Å². The van der Waals surface area contributed by atoms with Gasteiger partial charge in [-0.3, -0.25) is 0 Å². The minimum Gasteiger partial charge on any atom is -0.363 e. The van der Waals surface area contributed by atoms with Crippen molar-refractivity contribution >= 4 is 33.0 Å². The highest BCUT2D eigenvalue weighted by atomic mass is 79.9. The highest BCUT2D eigenvalue weighted by molar-refractivity contribution is 9.10. The molecule has 106 valence electrons. The van der Waals surface area contributed by atoms with Crippen LogP contribution in [-0.4, -0.2) is 12.6 Å². The average molecular weight is 351 g/mol. The van der Waals surface area contributed by atoms with Crippen LogP contribution in [0.25, 0.3) is 0 Å². The molecule has 1 fully saturated rings. The van der Waals surface area contributed by atoms with Gasteiger partial charge in [-0.2, -0.15) is 0 Å². The van der Waals surface area contributed by atoms with Crippen molar-refractivity contribution in [3.05, 3.63) is 50.6 Å². The largest absolute Gasteiger partial charge is 0.363 e. The second kappa shape index (κ2) is 6.29. The average Bonchev–Trinajstić information content (AvgIpc) is 3.15. The number of anilines is 1. The van der Waals surface area contributed by atoms with E-state index in [1.54, 1.807) is 0 Å². The summed E-state index contributed by atoms with van der Waals surface area (Å²) in [4.78, 5) is 3.98. The number of hydrogen-bond donors (Lipinski definition) is 1. The number of halogens is 1. The lowest BCUT2D eigenvalue weighted by molar-refractivity contribution is 0.792. The van der Waals surface area contributed by atoms with Crippen LogP contribution in [0.5, 0.6) is 0 Å². The lowest BCUT2D eigenvalue weighted by Gasteiger charge is -2.27. The van der Waals surface area contributed by atoms with Crippen molar-refractivity contribution in [2.45, 2.75) is 31.8 Å². The van der Waals surface area contributed by atoms with E-state index in [-0.39, 0.29) is 0 Å². The van der Waals surface area contributed by atoms with Gasteiger partial charge in [0.15, 0.2) is 0 Å². The number of hydrogen-bond acceptors (Lipinski definition) is 3.